The summed E-state index contributed by atoms with van der Waals surface area (Å²) in [6.45, 7) is 2.89. The van der Waals surface area contributed by atoms with Crippen LogP contribution in [0.4, 0.5) is 0 Å². The predicted molar refractivity (Wildman–Crippen MR) is 94.4 cm³/mol. The Morgan fingerprint density at radius 2 is 2.38 bits per heavy atom. The molecule has 2 atom stereocenters. The fourth-order valence-corrected chi connectivity index (χ4v) is 4.22. The van der Waals surface area contributed by atoms with Crippen LogP contribution in [0.1, 0.15) is 43.3 Å². The standard InChI is InChI=1S/C15H26N4S2/c1-4-14-18-12(10-21-14)9-17-15(16-2)19-11-6-5-7-13(8-11)20-3/h10-11,13H,4-9H2,1-3H3,(H2,16,17,19). The molecule has 2 unspecified atom stereocenters. The number of thiazole rings is 1. The highest BCUT2D eigenvalue weighted by atomic mass is 32.2. The molecule has 0 aromatic carbocycles. The summed E-state index contributed by atoms with van der Waals surface area (Å²) in [4.78, 5) is 8.92. The van der Waals surface area contributed by atoms with Gasteiger partial charge in [0.05, 0.1) is 17.2 Å². The lowest BCUT2D eigenvalue weighted by Gasteiger charge is -2.29. The first-order valence-corrected chi connectivity index (χ1v) is 9.85. The molecule has 0 aliphatic heterocycles. The van der Waals surface area contributed by atoms with E-state index in [1.165, 1.54) is 30.7 Å². The highest BCUT2D eigenvalue weighted by molar-refractivity contribution is 7.99. The van der Waals surface area contributed by atoms with Crippen LogP contribution >= 0.6 is 23.1 Å². The number of aromatic nitrogens is 1. The normalized spacial score (nSPS) is 23.1. The van der Waals surface area contributed by atoms with Crippen LogP contribution in [0.3, 0.4) is 0 Å². The molecule has 1 fully saturated rings. The SMILES string of the molecule is CCc1nc(CNC(=NC)NC2CCCC(SC)C2)cs1. The molecule has 2 rings (SSSR count). The smallest absolute Gasteiger partial charge is 0.191 e. The number of rotatable bonds is 5. The molecule has 1 aromatic heterocycles. The van der Waals surface area contributed by atoms with Crippen molar-refractivity contribution in [2.45, 2.75) is 56.9 Å². The largest absolute Gasteiger partial charge is 0.354 e. The van der Waals surface area contributed by atoms with Crippen LogP contribution in [-0.2, 0) is 13.0 Å². The first kappa shape index (κ1) is 16.6. The number of hydrogen-bond acceptors (Lipinski definition) is 4. The van der Waals surface area contributed by atoms with Gasteiger partial charge in [0.15, 0.2) is 5.96 Å². The number of hydrogen-bond donors (Lipinski definition) is 2. The van der Waals surface area contributed by atoms with E-state index < -0.39 is 0 Å². The van der Waals surface area contributed by atoms with E-state index in [0.29, 0.717) is 6.04 Å². The Hall–Kier alpha value is -0.750. The van der Waals surface area contributed by atoms with Gasteiger partial charge in [-0.05, 0) is 31.9 Å². The van der Waals surface area contributed by atoms with Gasteiger partial charge in [0.2, 0.25) is 0 Å². The van der Waals surface area contributed by atoms with Crippen LogP contribution in [0.15, 0.2) is 10.4 Å². The second-order valence-corrected chi connectivity index (χ2v) is 7.46. The van der Waals surface area contributed by atoms with Gasteiger partial charge < -0.3 is 10.6 Å². The van der Waals surface area contributed by atoms with Crippen molar-refractivity contribution in [2.75, 3.05) is 13.3 Å². The fourth-order valence-electron chi connectivity index (χ4n) is 2.64. The van der Waals surface area contributed by atoms with E-state index in [9.17, 15) is 0 Å². The van der Waals surface area contributed by atoms with E-state index in [-0.39, 0.29) is 0 Å². The molecule has 2 N–H and O–H groups in total. The Labute approximate surface area is 136 Å². The van der Waals surface area contributed by atoms with Gasteiger partial charge in [-0.15, -0.1) is 11.3 Å². The number of aryl methyl sites for hydroxylation is 1. The Bertz CT molecular complexity index is 458. The molecule has 6 heteroatoms. The van der Waals surface area contributed by atoms with Gasteiger partial charge >= 0.3 is 0 Å². The molecule has 1 saturated carbocycles. The molecule has 1 aromatic rings. The number of guanidine groups is 1. The van der Waals surface area contributed by atoms with Gasteiger partial charge in [0.25, 0.3) is 0 Å². The van der Waals surface area contributed by atoms with Crippen LogP contribution in [0, 0.1) is 0 Å². The summed E-state index contributed by atoms with van der Waals surface area (Å²) in [6.07, 6.45) is 8.37. The van der Waals surface area contributed by atoms with Crippen molar-refractivity contribution in [3.05, 3.63) is 16.1 Å². The maximum absolute atomic E-state index is 4.58. The third-order valence-corrected chi connectivity index (χ3v) is 6.00. The van der Waals surface area contributed by atoms with E-state index in [1.807, 2.05) is 18.8 Å². The molecule has 4 nitrogen and oxygen atoms in total. The summed E-state index contributed by atoms with van der Waals surface area (Å²) in [5.41, 5.74) is 1.10. The van der Waals surface area contributed by atoms with Crippen molar-refractivity contribution in [3.8, 4) is 0 Å². The third kappa shape index (κ3) is 5.18. The predicted octanol–water partition coefficient (Wildman–Crippen LogP) is 3.04. The average Bonchev–Trinajstić information content (AvgIpc) is 2.99. The zero-order chi connectivity index (χ0) is 15.1. The lowest BCUT2D eigenvalue weighted by molar-refractivity contribution is 0.419. The van der Waals surface area contributed by atoms with Crippen molar-refractivity contribution in [3.63, 3.8) is 0 Å². The number of nitrogens with zero attached hydrogens (tertiary/aromatic N) is 2. The first-order valence-electron chi connectivity index (χ1n) is 7.68. The Morgan fingerprint density at radius 3 is 3.05 bits per heavy atom. The molecule has 0 bridgehead atoms. The number of nitrogens with one attached hydrogen (secondary N) is 2. The molecular weight excluding hydrogens is 300 g/mol. The molecule has 0 amide bonds. The highest BCUT2D eigenvalue weighted by Crippen LogP contribution is 2.26. The number of aliphatic imine (C=N–C) groups is 1. The van der Waals surface area contributed by atoms with Crippen molar-refractivity contribution in [1.82, 2.24) is 15.6 Å². The molecule has 21 heavy (non-hydrogen) atoms. The number of thioether (sulfide) groups is 1. The van der Waals surface area contributed by atoms with Gasteiger partial charge in [-0.1, -0.05) is 13.3 Å². The van der Waals surface area contributed by atoms with E-state index in [0.717, 1.165) is 29.9 Å². The van der Waals surface area contributed by atoms with Crippen molar-refractivity contribution in [2.24, 2.45) is 4.99 Å². The van der Waals surface area contributed by atoms with Crippen molar-refractivity contribution >= 4 is 29.1 Å². The topological polar surface area (TPSA) is 49.3 Å². The Kier molecular flexibility index (Phi) is 6.83. The molecule has 1 heterocycles. The molecule has 1 aliphatic rings. The fraction of sp³-hybridized carbons (Fsp3) is 0.733. The molecule has 0 spiro atoms. The minimum Gasteiger partial charge on any atom is -0.354 e. The van der Waals surface area contributed by atoms with Crippen molar-refractivity contribution < 1.29 is 0 Å². The van der Waals surface area contributed by atoms with Crippen LogP contribution in [0.5, 0.6) is 0 Å². The van der Waals surface area contributed by atoms with Gasteiger partial charge in [0, 0.05) is 23.7 Å². The maximum atomic E-state index is 4.58. The summed E-state index contributed by atoms with van der Waals surface area (Å²) < 4.78 is 0. The summed E-state index contributed by atoms with van der Waals surface area (Å²) in [6, 6.07) is 0.545. The summed E-state index contributed by atoms with van der Waals surface area (Å²) in [7, 11) is 1.84. The average molecular weight is 327 g/mol. The lowest BCUT2D eigenvalue weighted by atomic mass is 9.95. The van der Waals surface area contributed by atoms with Crippen LogP contribution in [0.25, 0.3) is 0 Å². The molecule has 118 valence electrons. The van der Waals surface area contributed by atoms with Gasteiger partial charge in [0.1, 0.15) is 0 Å². The van der Waals surface area contributed by atoms with Gasteiger partial charge in [-0.25, -0.2) is 4.98 Å². The van der Waals surface area contributed by atoms with E-state index in [4.69, 9.17) is 0 Å². The van der Waals surface area contributed by atoms with Crippen molar-refractivity contribution in [1.29, 1.82) is 0 Å². The van der Waals surface area contributed by atoms with Gasteiger partial charge in [-0.3, -0.25) is 4.99 Å². The van der Waals surface area contributed by atoms with Crippen LogP contribution < -0.4 is 10.6 Å². The summed E-state index contributed by atoms with van der Waals surface area (Å²) in [5.74, 6) is 0.896. The van der Waals surface area contributed by atoms with E-state index >= 15 is 0 Å². The molecule has 0 saturated heterocycles. The zero-order valence-corrected chi connectivity index (χ0v) is 14.8. The lowest BCUT2D eigenvalue weighted by Crippen LogP contribution is -2.45. The maximum Gasteiger partial charge on any atom is 0.191 e. The zero-order valence-electron chi connectivity index (χ0n) is 13.2. The highest BCUT2D eigenvalue weighted by Gasteiger charge is 2.21. The van der Waals surface area contributed by atoms with Crippen LogP contribution in [0.2, 0.25) is 0 Å². The Morgan fingerprint density at radius 1 is 1.52 bits per heavy atom. The van der Waals surface area contributed by atoms with E-state index in [2.05, 4.69) is 39.2 Å². The summed E-state index contributed by atoms with van der Waals surface area (Å²) >= 11 is 3.72. The monoisotopic (exact) mass is 326 g/mol. The first-order chi connectivity index (χ1) is 10.2. The quantitative estimate of drug-likeness (QED) is 0.645. The van der Waals surface area contributed by atoms with Gasteiger partial charge in [-0.2, -0.15) is 11.8 Å². The molecule has 0 radical (unpaired) electrons. The second kappa shape index (κ2) is 8.63. The minimum atomic E-state index is 0.545. The molecular formula is C15H26N4S2. The third-order valence-electron chi connectivity index (χ3n) is 3.86. The van der Waals surface area contributed by atoms with E-state index in [1.54, 1.807) is 11.3 Å². The second-order valence-electron chi connectivity index (χ2n) is 5.38. The molecule has 1 aliphatic carbocycles. The minimum absolute atomic E-state index is 0.545. The summed E-state index contributed by atoms with van der Waals surface area (Å²) in [5, 5.41) is 11.1. The Balaban J connectivity index is 1.80. The van der Waals surface area contributed by atoms with Crippen LogP contribution in [-0.4, -0.2) is 35.5 Å².